The molecule has 2 aromatic heterocycles. The van der Waals surface area contributed by atoms with Crippen LogP contribution in [0.1, 0.15) is 32.0 Å². The number of aromatic nitrogens is 3. The Morgan fingerprint density at radius 1 is 0.838 bits per heavy atom. The number of aryl methyl sites for hydroxylation is 2. The third-order valence-corrected chi connectivity index (χ3v) is 6.24. The second kappa shape index (κ2) is 10.5. The average molecular weight is 490 g/mol. The van der Waals surface area contributed by atoms with Gasteiger partial charge in [-0.1, -0.05) is 72.8 Å². The van der Waals surface area contributed by atoms with Gasteiger partial charge in [0.25, 0.3) is 11.8 Å². The Bertz CT molecular complexity index is 1580. The maximum atomic E-state index is 13.6. The second-order valence-electron chi connectivity index (χ2n) is 8.82. The largest absolute Gasteiger partial charge is 0.352 e. The van der Waals surface area contributed by atoms with Gasteiger partial charge >= 0.3 is 0 Å². The number of hydrogen-bond donors (Lipinski definition) is 2. The van der Waals surface area contributed by atoms with E-state index in [1.807, 2.05) is 74.6 Å². The molecule has 37 heavy (non-hydrogen) atoms. The summed E-state index contributed by atoms with van der Waals surface area (Å²) in [5.74, 6) is -0.570. The second-order valence-corrected chi connectivity index (χ2v) is 8.82. The molecule has 0 saturated heterocycles. The zero-order chi connectivity index (χ0) is 25.8. The lowest BCUT2D eigenvalue weighted by Crippen LogP contribution is -2.27. The highest BCUT2D eigenvalue weighted by molar-refractivity contribution is 6.15. The molecule has 2 amide bonds. The number of carbonyl (C=O) groups excluding carboxylic acids is 2. The number of amides is 2. The molecule has 0 atom stereocenters. The molecular weight excluding hydrogens is 462 g/mol. The van der Waals surface area contributed by atoms with Gasteiger partial charge in [-0.15, -0.1) is 0 Å². The summed E-state index contributed by atoms with van der Waals surface area (Å²) in [6.07, 6.45) is 0.721. The summed E-state index contributed by atoms with van der Waals surface area (Å²) >= 11 is 0. The van der Waals surface area contributed by atoms with E-state index < -0.39 is 0 Å². The van der Waals surface area contributed by atoms with Crippen molar-refractivity contribution in [2.75, 3.05) is 11.9 Å². The molecule has 0 saturated carbocycles. The molecule has 0 aliphatic rings. The van der Waals surface area contributed by atoms with Crippen molar-refractivity contribution in [1.82, 2.24) is 20.1 Å². The average Bonchev–Trinajstić information content (AvgIpc) is 3.22. The number of nitrogens with zero attached hydrogens (tertiary/aromatic N) is 3. The predicted molar refractivity (Wildman–Crippen MR) is 146 cm³/mol. The third-order valence-electron chi connectivity index (χ3n) is 6.24. The molecule has 0 aliphatic heterocycles. The molecule has 7 nitrogen and oxygen atoms in total. The van der Waals surface area contributed by atoms with Crippen LogP contribution < -0.4 is 10.6 Å². The Labute approximate surface area is 215 Å². The van der Waals surface area contributed by atoms with Gasteiger partial charge in [-0.05, 0) is 37.1 Å². The van der Waals surface area contributed by atoms with Crippen molar-refractivity contribution >= 4 is 28.5 Å². The molecule has 184 valence electrons. The summed E-state index contributed by atoms with van der Waals surface area (Å²) < 4.78 is 1.68. The zero-order valence-electron chi connectivity index (χ0n) is 20.7. The van der Waals surface area contributed by atoms with E-state index in [1.54, 1.807) is 35.0 Å². The van der Waals surface area contributed by atoms with Crippen LogP contribution in [-0.2, 0) is 13.5 Å². The van der Waals surface area contributed by atoms with Crippen LogP contribution in [0.25, 0.3) is 22.3 Å². The lowest BCUT2D eigenvalue weighted by atomic mass is 10.0. The van der Waals surface area contributed by atoms with E-state index in [0.29, 0.717) is 45.8 Å². The molecule has 0 aliphatic carbocycles. The first-order chi connectivity index (χ1) is 18.0. The monoisotopic (exact) mass is 489 g/mol. The number of benzene rings is 3. The quantitative estimate of drug-likeness (QED) is 0.330. The topological polar surface area (TPSA) is 88.9 Å². The Balaban J connectivity index is 1.42. The van der Waals surface area contributed by atoms with Crippen molar-refractivity contribution in [3.8, 4) is 11.3 Å². The van der Waals surface area contributed by atoms with E-state index >= 15 is 0 Å². The number of fused-ring (bicyclic) bond motifs is 1. The Hall–Kier alpha value is -4.78. The Morgan fingerprint density at radius 3 is 2.27 bits per heavy atom. The highest BCUT2D eigenvalue weighted by Crippen LogP contribution is 2.28. The van der Waals surface area contributed by atoms with E-state index in [2.05, 4.69) is 15.7 Å². The fraction of sp³-hybridized carbons (Fsp3) is 0.133. The van der Waals surface area contributed by atoms with Crippen LogP contribution in [0.2, 0.25) is 0 Å². The van der Waals surface area contributed by atoms with E-state index in [4.69, 9.17) is 4.98 Å². The van der Waals surface area contributed by atoms with E-state index in [-0.39, 0.29) is 11.8 Å². The number of pyridine rings is 1. The lowest BCUT2D eigenvalue weighted by molar-refractivity contribution is 0.0955. The number of nitrogens with one attached hydrogen (secondary N) is 2. The molecule has 7 heteroatoms. The van der Waals surface area contributed by atoms with Crippen LogP contribution in [0.4, 0.5) is 5.69 Å². The van der Waals surface area contributed by atoms with Crippen LogP contribution in [0.15, 0.2) is 91.0 Å². The summed E-state index contributed by atoms with van der Waals surface area (Å²) in [6, 6.07) is 28.5. The number of hydrogen-bond acceptors (Lipinski definition) is 4. The minimum atomic E-state index is -0.329. The van der Waals surface area contributed by atoms with Crippen molar-refractivity contribution < 1.29 is 9.59 Å². The fourth-order valence-corrected chi connectivity index (χ4v) is 4.42. The molecule has 0 spiro atoms. The first-order valence-electron chi connectivity index (χ1n) is 12.1. The molecule has 0 fully saturated rings. The molecule has 3 aromatic carbocycles. The van der Waals surface area contributed by atoms with Gasteiger partial charge in [0.15, 0.2) is 5.65 Å². The molecule has 0 bridgehead atoms. The van der Waals surface area contributed by atoms with Gasteiger partial charge in [0.2, 0.25) is 0 Å². The summed E-state index contributed by atoms with van der Waals surface area (Å²) in [7, 11) is 1.81. The van der Waals surface area contributed by atoms with Gasteiger partial charge in [-0.2, -0.15) is 5.10 Å². The molecule has 2 heterocycles. The van der Waals surface area contributed by atoms with Gasteiger partial charge in [0, 0.05) is 19.2 Å². The van der Waals surface area contributed by atoms with Gasteiger partial charge in [0.05, 0.1) is 33.6 Å². The summed E-state index contributed by atoms with van der Waals surface area (Å²) in [5, 5.41) is 11.1. The molecule has 0 unspecified atom stereocenters. The zero-order valence-corrected chi connectivity index (χ0v) is 20.7. The van der Waals surface area contributed by atoms with Crippen molar-refractivity contribution in [3.63, 3.8) is 0 Å². The summed E-state index contributed by atoms with van der Waals surface area (Å²) in [4.78, 5) is 31.4. The SMILES string of the molecule is Cc1nn(C)c2nc(-c3ccccc3)cc(C(=O)Nc3ccccc3C(=O)NCCc3ccccc3)c12. The molecule has 5 rings (SSSR count). The van der Waals surface area contributed by atoms with Gasteiger partial charge < -0.3 is 10.6 Å². The molecule has 5 aromatic rings. The van der Waals surface area contributed by atoms with Crippen LogP contribution in [0.5, 0.6) is 0 Å². The number of rotatable bonds is 7. The first kappa shape index (κ1) is 23.9. The maximum Gasteiger partial charge on any atom is 0.256 e. The summed E-state index contributed by atoms with van der Waals surface area (Å²) in [6.45, 7) is 2.35. The number of carbonyl (C=O) groups is 2. The predicted octanol–water partition coefficient (Wildman–Crippen LogP) is 5.17. The van der Waals surface area contributed by atoms with Crippen LogP contribution in [0, 0.1) is 6.92 Å². The van der Waals surface area contributed by atoms with Gasteiger partial charge in [-0.3, -0.25) is 14.3 Å². The lowest BCUT2D eigenvalue weighted by Gasteiger charge is -2.13. The van der Waals surface area contributed by atoms with Crippen molar-refractivity contribution in [3.05, 3.63) is 113 Å². The van der Waals surface area contributed by atoms with Crippen LogP contribution in [-0.4, -0.2) is 33.1 Å². The minimum absolute atomic E-state index is 0.241. The van der Waals surface area contributed by atoms with Gasteiger partial charge in [-0.25, -0.2) is 4.98 Å². The van der Waals surface area contributed by atoms with Crippen molar-refractivity contribution in [2.45, 2.75) is 13.3 Å². The maximum absolute atomic E-state index is 13.6. The van der Waals surface area contributed by atoms with Crippen molar-refractivity contribution in [1.29, 1.82) is 0 Å². The number of para-hydroxylation sites is 1. The summed E-state index contributed by atoms with van der Waals surface area (Å²) in [5.41, 5.74) is 5.35. The van der Waals surface area contributed by atoms with Crippen LogP contribution >= 0.6 is 0 Å². The standard InChI is InChI=1S/C30H27N5O2/c1-20-27-24(19-26(22-13-7-4-8-14-22)32-28(27)35(2)34-20)30(37)33-25-16-10-9-15-23(25)29(36)31-18-17-21-11-5-3-6-12-21/h3-16,19H,17-18H2,1-2H3,(H,31,36)(H,33,37). The number of anilines is 1. The highest BCUT2D eigenvalue weighted by atomic mass is 16.2. The van der Waals surface area contributed by atoms with E-state index in [1.165, 1.54) is 0 Å². The van der Waals surface area contributed by atoms with Gasteiger partial charge in [0.1, 0.15) is 0 Å². The third kappa shape index (κ3) is 5.11. The van der Waals surface area contributed by atoms with Crippen molar-refractivity contribution in [2.24, 2.45) is 7.05 Å². The molecular formula is C30H27N5O2. The molecule has 2 N–H and O–H groups in total. The first-order valence-corrected chi connectivity index (χ1v) is 12.1. The highest BCUT2D eigenvalue weighted by Gasteiger charge is 2.21. The van der Waals surface area contributed by atoms with E-state index in [9.17, 15) is 9.59 Å². The normalized spacial score (nSPS) is 10.9. The van der Waals surface area contributed by atoms with Crippen LogP contribution in [0.3, 0.4) is 0 Å². The van der Waals surface area contributed by atoms with E-state index in [0.717, 1.165) is 17.5 Å². The minimum Gasteiger partial charge on any atom is -0.352 e. The molecule has 0 radical (unpaired) electrons. The Morgan fingerprint density at radius 2 is 1.51 bits per heavy atom. The Kier molecular flexibility index (Phi) is 6.76. The smallest absolute Gasteiger partial charge is 0.256 e. The fourth-order valence-electron chi connectivity index (χ4n) is 4.42.